The van der Waals surface area contributed by atoms with Gasteiger partial charge in [-0.3, -0.25) is 4.79 Å². The second-order valence-corrected chi connectivity index (χ2v) is 5.60. The van der Waals surface area contributed by atoms with Crippen LogP contribution in [-0.4, -0.2) is 28.3 Å². The highest BCUT2D eigenvalue weighted by Crippen LogP contribution is 2.18. The predicted molar refractivity (Wildman–Crippen MR) is 82.5 cm³/mol. The van der Waals surface area contributed by atoms with Crippen LogP contribution < -0.4 is 10.6 Å². The van der Waals surface area contributed by atoms with Crippen molar-refractivity contribution in [1.29, 1.82) is 0 Å². The van der Waals surface area contributed by atoms with Crippen molar-refractivity contribution < 1.29 is 9.18 Å². The normalized spacial score (nSPS) is 17.6. The van der Waals surface area contributed by atoms with Gasteiger partial charge in [0.05, 0.1) is 11.4 Å². The fourth-order valence-electron chi connectivity index (χ4n) is 2.72. The molecule has 1 aliphatic heterocycles. The van der Waals surface area contributed by atoms with Gasteiger partial charge in [0.25, 0.3) is 0 Å². The third kappa shape index (κ3) is 3.33. The first-order chi connectivity index (χ1) is 10.6. The summed E-state index contributed by atoms with van der Waals surface area (Å²) in [6.45, 7) is 2.83. The summed E-state index contributed by atoms with van der Waals surface area (Å²) in [5.41, 5.74) is 1.50. The van der Waals surface area contributed by atoms with Crippen LogP contribution in [0.25, 0.3) is 5.69 Å². The Bertz CT molecular complexity index is 659. The quantitative estimate of drug-likeness (QED) is 0.912. The van der Waals surface area contributed by atoms with E-state index < -0.39 is 0 Å². The third-order valence-electron chi connectivity index (χ3n) is 3.76. The lowest BCUT2D eigenvalue weighted by Gasteiger charge is -2.12. The number of aromatic nitrogens is 2. The summed E-state index contributed by atoms with van der Waals surface area (Å²) in [5, 5.41) is 10.6. The molecule has 0 saturated carbocycles. The third-order valence-corrected chi connectivity index (χ3v) is 3.76. The van der Waals surface area contributed by atoms with Crippen molar-refractivity contribution in [2.75, 3.05) is 11.9 Å². The maximum Gasteiger partial charge on any atom is 0.227 e. The van der Waals surface area contributed by atoms with Crippen LogP contribution in [-0.2, 0) is 4.79 Å². The smallest absolute Gasteiger partial charge is 0.227 e. The van der Waals surface area contributed by atoms with E-state index in [1.54, 1.807) is 16.8 Å². The molecule has 0 spiro atoms. The Balaban J connectivity index is 1.75. The second-order valence-electron chi connectivity index (χ2n) is 5.60. The van der Waals surface area contributed by atoms with E-state index in [1.165, 1.54) is 12.1 Å². The average Bonchev–Trinajstić information content (AvgIpc) is 3.10. The molecule has 1 fully saturated rings. The van der Waals surface area contributed by atoms with E-state index >= 15 is 0 Å². The molecule has 1 aliphatic rings. The second kappa shape index (κ2) is 6.27. The van der Waals surface area contributed by atoms with Gasteiger partial charge in [-0.25, -0.2) is 9.07 Å². The summed E-state index contributed by atoms with van der Waals surface area (Å²) in [7, 11) is 0. The molecule has 1 aromatic heterocycles. The van der Waals surface area contributed by atoms with Crippen molar-refractivity contribution in [3.63, 3.8) is 0 Å². The summed E-state index contributed by atoms with van der Waals surface area (Å²) in [6.07, 6.45) is 2.60. The van der Waals surface area contributed by atoms with E-state index in [4.69, 9.17) is 0 Å². The molecule has 5 nitrogen and oxygen atoms in total. The highest BCUT2D eigenvalue weighted by Gasteiger charge is 2.19. The zero-order valence-corrected chi connectivity index (χ0v) is 12.5. The number of aryl methyl sites for hydroxylation is 1. The van der Waals surface area contributed by atoms with E-state index in [0.717, 1.165) is 25.1 Å². The highest BCUT2D eigenvalue weighted by atomic mass is 19.1. The van der Waals surface area contributed by atoms with Crippen molar-refractivity contribution >= 4 is 11.7 Å². The lowest BCUT2D eigenvalue weighted by atomic mass is 10.1. The van der Waals surface area contributed by atoms with Gasteiger partial charge >= 0.3 is 0 Å². The molecule has 2 aromatic rings. The molecule has 116 valence electrons. The summed E-state index contributed by atoms with van der Waals surface area (Å²) in [5.74, 6) is 0.264. The van der Waals surface area contributed by atoms with Gasteiger partial charge in [-0.1, -0.05) is 0 Å². The van der Waals surface area contributed by atoms with Crippen molar-refractivity contribution in [3.8, 4) is 5.69 Å². The number of carbonyl (C=O) groups is 1. The number of amides is 1. The Kier molecular flexibility index (Phi) is 4.20. The topological polar surface area (TPSA) is 59.0 Å². The molecular weight excluding hydrogens is 283 g/mol. The first-order valence-electron chi connectivity index (χ1n) is 7.47. The first-order valence-corrected chi connectivity index (χ1v) is 7.47. The molecule has 0 aliphatic carbocycles. The maximum atomic E-state index is 13.0. The molecule has 1 atom stereocenters. The molecular formula is C16H19FN4O. The number of benzene rings is 1. The minimum Gasteiger partial charge on any atom is -0.313 e. The molecule has 0 radical (unpaired) electrons. The standard InChI is InChI=1S/C16H19FN4O/c1-11-9-15(19-16(22)10-13-3-2-8-18-13)21(20-11)14-6-4-12(17)5-7-14/h4-7,9,13,18H,2-3,8,10H2,1H3,(H,19,22). The van der Waals surface area contributed by atoms with Crippen molar-refractivity contribution in [2.24, 2.45) is 0 Å². The number of anilines is 1. The number of hydrogen-bond donors (Lipinski definition) is 2. The van der Waals surface area contributed by atoms with Crippen molar-refractivity contribution in [1.82, 2.24) is 15.1 Å². The molecule has 1 amide bonds. The summed E-state index contributed by atoms with van der Waals surface area (Å²) in [4.78, 5) is 12.2. The lowest BCUT2D eigenvalue weighted by molar-refractivity contribution is -0.116. The Morgan fingerprint density at radius 1 is 1.45 bits per heavy atom. The number of hydrogen-bond acceptors (Lipinski definition) is 3. The fraction of sp³-hybridized carbons (Fsp3) is 0.375. The molecule has 0 bridgehead atoms. The summed E-state index contributed by atoms with van der Waals surface area (Å²) < 4.78 is 14.7. The molecule has 2 heterocycles. The van der Waals surface area contributed by atoms with E-state index in [0.29, 0.717) is 17.9 Å². The molecule has 6 heteroatoms. The molecule has 1 saturated heterocycles. The Morgan fingerprint density at radius 2 is 2.23 bits per heavy atom. The number of nitrogens with zero attached hydrogens (tertiary/aromatic N) is 2. The number of nitrogens with one attached hydrogen (secondary N) is 2. The van der Waals surface area contributed by atoms with Gasteiger partial charge in [0, 0.05) is 18.5 Å². The van der Waals surface area contributed by atoms with Gasteiger partial charge in [-0.15, -0.1) is 0 Å². The van der Waals surface area contributed by atoms with E-state index in [-0.39, 0.29) is 17.8 Å². The Labute approximate surface area is 128 Å². The van der Waals surface area contributed by atoms with Crippen LogP contribution in [0.15, 0.2) is 30.3 Å². The summed E-state index contributed by atoms with van der Waals surface area (Å²) >= 11 is 0. The van der Waals surface area contributed by atoms with Crippen LogP contribution in [0.3, 0.4) is 0 Å². The van der Waals surface area contributed by atoms with Crippen molar-refractivity contribution in [2.45, 2.75) is 32.2 Å². The first kappa shape index (κ1) is 14.7. The van der Waals surface area contributed by atoms with Crippen LogP contribution in [0, 0.1) is 12.7 Å². The van der Waals surface area contributed by atoms with Crippen LogP contribution in [0.2, 0.25) is 0 Å². The number of halogens is 1. The average molecular weight is 302 g/mol. The fourth-order valence-corrected chi connectivity index (χ4v) is 2.72. The van der Waals surface area contributed by atoms with Gasteiger partial charge in [-0.2, -0.15) is 5.10 Å². The zero-order chi connectivity index (χ0) is 15.5. The van der Waals surface area contributed by atoms with Crippen LogP contribution >= 0.6 is 0 Å². The number of rotatable bonds is 4. The van der Waals surface area contributed by atoms with Gasteiger partial charge in [-0.05, 0) is 50.6 Å². The van der Waals surface area contributed by atoms with Gasteiger partial charge < -0.3 is 10.6 Å². The summed E-state index contributed by atoms with van der Waals surface area (Å²) in [6, 6.07) is 8.08. The lowest BCUT2D eigenvalue weighted by Crippen LogP contribution is -2.28. The molecule has 3 rings (SSSR count). The van der Waals surface area contributed by atoms with Crippen LogP contribution in [0.5, 0.6) is 0 Å². The molecule has 22 heavy (non-hydrogen) atoms. The van der Waals surface area contributed by atoms with Gasteiger partial charge in [0.2, 0.25) is 5.91 Å². The molecule has 1 unspecified atom stereocenters. The molecule has 2 N–H and O–H groups in total. The zero-order valence-electron chi connectivity index (χ0n) is 12.5. The van der Waals surface area contributed by atoms with Crippen LogP contribution in [0.1, 0.15) is 25.0 Å². The minimum absolute atomic E-state index is 0.0392. The van der Waals surface area contributed by atoms with Crippen LogP contribution in [0.4, 0.5) is 10.2 Å². The van der Waals surface area contributed by atoms with E-state index in [9.17, 15) is 9.18 Å². The van der Waals surface area contributed by atoms with Gasteiger partial charge in [0.15, 0.2) is 0 Å². The number of carbonyl (C=O) groups excluding carboxylic acids is 1. The monoisotopic (exact) mass is 302 g/mol. The Morgan fingerprint density at radius 3 is 2.91 bits per heavy atom. The Hall–Kier alpha value is -2.21. The minimum atomic E-state index is -0.300. The highest BCUT2D eigenvalue weighted by molar-refractivity contribution is 5.90. The maximum absolute atomic E-state index is 13.0. The largest absolute Gasteiger partial charge is 0.313 e. The van der Waals surface area contributed by atoms with Crippen molar-refractivity contribution in [3.05, 3.63) is 41.8 Å². The molecule has 1 aromatic carbocycles. The predicted octanol–water partition coefficient (Wildman–Crippen LogP) is 2.40. The van der Waals surface area contributed by atoms with Gasteiger partial charge in [0.1, 0.15) is 11.6 Å². The van der Waals surface area contributed by atoms with E-state index in [2.05, 4.69) is 15.7 Å². The SMILES string of the molecule is Cc1cc(NC(=O)CC2CCCN2)n(-c2ccc(F)cc2)n1. The van der Waals surface area contributed by atoms with E-state index in [1.807, 2.05) is 13.0 Å².